The van der Waals surface area contributed by atoms with Crippen molar-refractivity contribution in [3.63, 3.8) is 0 Å². The largest absolute Gasteiger partial charge is 0.490 e. The fourth-order valence-electron chi connectivity index (χ4n) is 2.20. The molecule has 1 N–H and O–H groups in total. The molecule has 0 aliphatic carbocycles. The lowest BCUT2D eigenvalue weighted by molar-refractivity contribution is -0.385. The van der Waals surface area contributed by atoms with E-state index in [9.17, 15) is 19.3 Å². The number of carbonyl (C=O) groups excluding carboxylic acids is 1. The first-order valence-corrected chi connectivity index (χ1v) is 7.40. The van der Waals surface area contributed by atoms with Crippen LogP contribution in [-0.2, 0) is 0 Å². The molecule has 0 unspecified atom stereocenters. The summed E-state index contributed by atoms with van der Waals surface area (Å²) >= 11 is 0. The van der Waals surface area contributed by atoms with Crippen LogP contribution in [0.15, 0.2) is 42.5 Å². The van der Waals surface area contributed by atoms with Crippen LogP contribution in [0.2, 0.25) is 0 Å². The van der Waals surface area contributed by atoms with Gasteiger partial charge in [-0.05, 0) is 31.5 Å². The number of rotatable bonds is 7. The first-order chi connectivity index (χ1) is 11.5. The Labute approximate surface area is 138 Å². The van der Waals surface area contributed by atoms with Crippen LogP contribution in [0.5, 0.6) is 5.75 Å². The number of carbonyl (C=O) groups is 1. The average Bonchev–Trinajstić information content (AvgIpc) is 2.55. The Bertz CT molecular complexity index is 749. The molecule has 2 aromatic carbocycles. The molecule has 0 saturated heterocycles. The summed E-state index contributed by atoms with van der Waals surface area (Å²) in [5.74, 6) is -0.814. The molecule has 0 aliphatic heterocycles. The zero-order chi connectivity index (χ0) is 17.5. The number of amides is 1. The maximum Gasteiger partial charge on any atom is 0.285 e. The summed E-state index contributed by atoms with van der Waals surface area (Å²) in [4.78, 5) is 22.6. The molecule has 2 aromatic rings. The summed E-state index contributed by atoms with van der Waals surface area (Å²) in [6.07, 6.45) is 0.444. The number of halogens is 1. The van der Waals surface area contributed by atoms with Crippen molar-refractivity contribution in [2.24, 2.45) is 0 Å². The van der Waals surface area contributed by atoms with E-state index in [1.807, 2.05) is 0 Å². The summed E-state index contributed by atoms with van der Waals surface area (Å²) < 4.78 is 18.6. The molecule has 0 heterocycles. The lowest BCUT2D eigenvalue weighted by atomic mass is 10.1. The highest BCUT2D eigenvalue weighted by Crippen LogP contribution is 2.22. The van der Waals surface area contributed by atoms with E-state index in [0.717, 1.165) is 0 Å². The predicted molar refractivity (Wildman–Crippen MR) is 86.7 cm³/mol. The summed E-state index contributed by atoms with van der Waals surface area (Å²) in [6, 6.07) is 10.6. The van der Waals surface area contributed by atoms with Crippen molar-refractivity contribution in [1.82, 2.24) is 5.32 Å². The Hall–Kier alpha value is -2.96. The zero-order valence-electron chi connectivity index (χ0n) is 13.1. The number of hydrogen-bond donors (Lipinski definition) is 1. The van der Waals surface area contributed by atoms with Gasteiger partial charge in [0.1, 0.15) is 5.56 Å². The van der Waals surface area contributed by atoms with Crippen molar-refractivity contribution >= 4 is 11.6 Å². The van der Waals surface area contributed by atoms with Gasteiger partial charge in [-0.3, -0.25) is 14.9 Å². The van der Waals surface area contributed by atoms with Crippen molar-refractivity contribution in [3.05, 3.63) is 69.5 Å². The van der Waals surface area contributed by atoms with Crippen LogP contribution >= 0.6 is 0 Å². The standard InChI is InChI=1S/C17H17FN2O4/c1-12-6-4-7-13(16(12)20(22)23)17(21)19-10-5-11-24-15-9-3-2-8-14(15)18/h2-4,6-9H,5,10-11H2,1H3,(H,19,21). The van der Waals surface area contributed by atoms with Gasteiger partial charge >= 0.3 is 0 Å². The Balaban J connectivity index is 1.85. The minimum atomic E-state index is -0.564. The smallest absolute Gasteiger partial charge is 0.285 e. The first-order valence-electron chi connectivity index (χ1n) is 7.40. The van der Waals surface area contributed by atoms with Crippen molar-refractivity contribution in [3.8, 4) is 5.75 Å². The molecule has 0 bridgehead atoms. The van der Waals surface area contributed by atoms with Gasteiger partial charge in [0.25, 0.3) is 11.6 Å². The molecule has 24 heavy (non-hydrogen) atoms. The maximum absolute atomic E-state index is 13.3. The SMILES string of the molecule is Cc1cccc(C(=O)NCCCOc2ccccc2F)c1[N+](=O)[O-]. The molecule has 1 amide bonds. The van der Waals surface area contributed by atoms with E-state index in [2.05, 4.69) is 5.32 Å². The first kappa shape index (κ1) is 17.4. The number of aryl methyl sites for hydroxylation is 1. The highest BCUT2D eigenvalue weighted by atomic mass is 19.1. The Kier molecular flexibility index (Phi) is 5.83. The Morgan fingerprint density at radius 2 is 2.00 bits per heavy atom. The molecular weight excluding hydrogens is 315 g/mol. The molecule has 0 fully saturated rings. The number of para-hydroxylation sites is 2. The highest BCUT2D eigenvalue weighted by molar-refractivity contribution is 5.98. The fourth-order valence-corrected chi connectivity index (χ4v) is 2.20. The van der Waals surface area contributed by atoms with Crippen molar-refractivity contribution in [1.29, 1.82) is 0 Å². The third-order valence-corrected chi connectivity index (χ3v) is 3.37. The minimum Gasteiger partial charge on any atom is -0.490 e. The van der Waals surface area contributed by atoms with Gasteiger partial charge in [-0.1, -0.05) is 24.3 Å². The second-order valence-corrected chi connectivity index (χ2v) is 5.12. The van der Waals surface area contributed by atoms with Gasteiger partial charge in [0.2, 0.25) is 0 Å². The topological polar surface area (TPSA) is 81.5 Å². The van der Waals surface area contributed by atoms with Gasteiger partial charge in [0, 0.05) is 12.1 Å². The third kappa shape index (κ3) is 4.28. The van der Waals surface area contributed by atoms with E-state index in [0.29, 0.717) is 12.0 Å². The minimum absolute atomic E-state index is 0.0232. The lowest BCUT2D eigenvalue weighted by Crippen LogP contribution is -2.26. The molecule has 0 radical (unpaired) electrons. The van der Waals surface area contributed by atoms with Crippen molar-refractivity contribution in [2.75, 3.05) is 13.2 Å². The zero-order valence-corrected chi connectivity index (χ0v) is 13.1. The molecule has 0 aromatic heterocycles. The van der Waals surface area contributed by atoms with Crippen LogP contribution in [0.25, 0.3) is 0 Å². The Morgan fingerprint density at radius 3 is 2.71 bits per heavy atom. The van der Waals surface area contributed by atoms with Gasteiger partial charge in [-0.25, -0.2) is 4.39 Å². The van der Waals surface area contributed by atoms with E-state index < -0.39 is 16.6 Å². The number of ether oxygens (including phenoxy) is 1. The summed E-state index contributed by atoms with van der Waals surface area (Å²) in [5, 5.41) is 13.7. The molecule has 2 rings (SSSR count). The van der Waals surface area contributed by atoms with Gasteiger partial charge in [-0.2, -0.15) is 0 Å². The second-order valence-electron chi connectivity index (χ2n) is 5.12. The average molecular weight is 332 g/mol. The molecule has 0 atom stereocenters. The van der Waals surface area contributed by atoms with Crippen molar-refractivity contribution < 1.29 is 18.8 Å². The maximum atomic E-state index is 13.3. The molecule has 126 valence electrons. The molecule has 6 nitrogen and oxygen atoms in total. The summed E-state index contributed by atoms with van der Waals surface area (Å²) in [7, 11) is 0. The third-order valence-electron chi connectivity index (χ3n) is 3.37. The number of nitro groups is 1. The predicted octanol–water partition coefficient (Wildman–Crippen LogP) is 3.24. The number of hydrogen-bond acceptors (Lipinski definition) is 4. The quantitative estimate of drug-likeness (QED) is 0.479. The van der Waals surface area contributed by atoms with E-state index in [1.54, 1.807) is 31.2 Å². The number of benzene rings is 2. The van der Waals surface area contributed by atoms with Crippen molar-refractivity contribution in [2.45, 2.75) is 13.3 Å². The highest BCUT2D eigenvalue weighted by Gasteiger charge is 2.21. The molecule has 0 saturated carbocycles. The number of nitrogens with one attached hydrogen (secondary N) is 1. The van der Waals surface area contributed by atoms with Crippen LogP contribution in [0, 0.1) is 22.9 Å². The molecular formula is C17H17FN2O4. The van der Waals surface area contributed by atoms with Gasteiger partial charge in [0.15, 0.2) is 11.6 Å². The van der Waals surface area contributed by atoms with Crippen LogP contribution < -0.4 is 10.1 Å². The molecule has 7 heteroatoms. The van der Waals surface area contributed by atoms with Gasteiger partial charge < -0.3 is 10.1 Å². The Morgan fingerprint density at radius 1 is 1.25 bits per heavy atom. The summed E-state index contributed by atoms with van der Waals surface area (Å²) in [5.41, 5.74) is 0.253. The fraction of sp³-hybridized carbons (Fsp3) is 0.235. The van der Waals surface area contributed by atoms with E-state index in [-0.39, 0.29) is 30.2 Å². The summed E-state index contributed by atoms with van der Waals surface area (Å²) in [6.45, 7) is 2.06. The van der Waals surface area contributed by atoms with Crippen LogP contribution in [0.4, 0.5) is 10.1 Å². The second kappa shape index (κ2) is 8.05. The lowest BCUT2D eigenvalue weighted by Gasteiger charge is -2.09. The number of nitro benzene ring substituents is 1. The van der Waals surface area contributed by atoms with E-state index in [4.69, 9.17) is 4.74 Å². The van der Waals surface area contributed by atoms with Gasteiger partial charge in [-0.15, -0.1) is 0 Å². The van der Waals surface area contributed by atoms with E-state index >= 15 is 0 Å². The number of nitrogens with zero attached hydrogens (tertiary/aromatic N) is 1. The van der Waals surface area contributed by atoms with E-state index in [1.165, 1.54) is 18.2 Å². The molecule has 0 aliphatic rings. The molecule has 0 spiro atoms. The van der Waals surface area contributed by atoms with Crippen LogP contribution in [0.3, 0.4) is 0 Å². The van der Waals surface area contributed by atoms with Crippen LogP contribution in [-0.4, -0.2) is 24.0 Å². The van der Waals surface area contributed by atoms with Crippen LogP contribution in [0.1, 0.15) is 22.3 Å². The monoisotopic (exact) mass is 332 g/mol. The van der Waals surface area contributed by atoms with Gasteiger partial charge in [0.05, 0.1) is 11.5 Å². The normalized spacial score (nSPS) is 10.2.